The van der Waals surface area contributed by atoms with E-state index < -0.39 is 0 Å². The molecule has 2 unspecified atom stereocenters. The van der Waals surface area contributed by atoms with E-state index in [4.69, 9.17) is 4.74 Å². The van der Waals surface area contributed by atoms with Gasteiger partial charge in [-0.3, -0.25) is 4.79 Å². The predicted molar refractivity (Wildman–Crippen MR) is 72.6 cm³/mol. The van der Waals surface area contributed by atoms with Crippen molar-refractivity contribution >= 4 is 5.91 Å². The number of carbonyl (C=O) groups excluding carboxylic acids is 1. The summed E-state index contributed by atoms with van der Waals surface area (Å²) in [6.45, 7) is 2.90. The number of hydrogen-bond donors (Lipinski definition) is 3. The maximum absolute atomic E-state index is 12.1. The molecule has 1 heterocycles. The molecule has 1 fully saturated rings. The summed E-state index contributed by atoms with van der Waals surface area (Å²) in [5.74, 6) is 0.220. The zero-order chi connectivity index (χ0) is 13.8. The van der Waals surface area contributed by atoms with E-state index in [1.54, 1.807) is 12.1 Å². The van der Waals surface area contributed by atoms with Crippen LogP contribution in [0.3, 0.4) is 0 Å². The maximum Gasteiger partial charge on any atom is 0.255 e. The van der Waals surface area contributed by atoms with E-state index in [-0.39, 0.29) is 23.3 Å². The van der Waals surface area contributed by atoms with Crippen LogP contribution in [0.1, 0.15) is 30.1 Å². The Balaban J connectivity index is 2.00. The van der Waals surface area contributed by atoms with Crippen LogP contribution in [0.25, 0.3) is 0 Å². The summed E-state index contributed by atoms with van der Waals surface area (Å²) in [4.78, 5) is 12.1. The summed E-state index contributed by atoms with van der Waals surface area (Å²) < 4.78 is 4.99. The Morgan fingerprint density at radius 2 is 2.26 bits per heavy atom. The van der Waals surface area contributed by atoms with Gasteiger partial charge in [-0.1, -0.05) is 0 Å². The molecular weight excluding hydrogens is 244 g/mol. The first-order valence-electron chi connectivity index (χ1n) is 6.51. The van der Waals surface area contributed by atoms with Crippen molar-refractivity contribution in [3.8, 4) is 11.5 Å². The molecule has 1 saturated heterocycles. The van der Waals surface area contributed by atoms with Crippen molar-refractivity contribution in [3.63, 3.8) is 0 Å². The highest BCUT2D eigenvalue weighted by atomic mass is 16.5. The molecule has 0 bridgehead atoms. The first-order chi connectivity index (χ1) is 9.10. The lowest BCUT2D eigenvalue weighted by Crippen LogP contribution is -2.48. The molecule has 0 spiro atoms. The largest absolute Gasteiger partial charge is 0.507 e. The van der Waals surface area contributed by atoms with E-state index in [0.29, 0.717) is 11.8 Å². The summed E-state index contributed by atoms with van der Waals surface area (Å²) in [6, 6.07) is 5.29. The molecule has 2 rings (SSSR count). The number of phenolic OH excluding ortho intramolecular Hbond substituents is 1. The number of phenols is 1. The highest BCUT2D eigenvalue weighted by Gasteiger charge is 2.21. The first-order valence-corrected chi connectivity index (χ1v) is 6.51. The number of methoxy groups -OCH3 is 1. The number of carbonyl (C=O) groups is 1. The standard InChI is InChI=1S/C14H20N2O3/c1-9-3-4-10(8-15-9)16-14(18)12-6-5-11(19-2)7-13(12)17/h5-7,9-10,15,17H,3-4,8H2,1-2H3,(H,16,18). The lowest BCUT2D eigenvalue weighted by molar-refractivity contribution is 0.0925. The van der Waals surface area contributed by atoms with Gasteiger partial charge in [0.15, 0.2) is 0 Å². The molecule has 1 aliphatic rings. The van der Waals surface area contributed by atoms with Crippen molar-refractivity contribution in [2.75, 3.05) is 13.7 Å². The van der Waals surface area contributed by atoms with Crippen molar-refractivity contribution in [3.05, 3.63) is 23.8 Å². The van der Waals surface area contributed by atoms with Gasteiger partial charge in [-0.2, -0.15) is 0 Å². The third-order valence-corrected chi connectivity index (χ3v) is 3.45. The van der Waals surface area contributed by atoms with Crippen molar-refractivity contribution < 1.29 is 14.6 Å². The van der Waals surface area contributed by atoms with Crippen LogP contribution in [0.5, 0.6) is 11.5 Å². The smallest absolute Gasteiger partial charge is 0.255 e. The topological polar surface area (TPSA) is 70.6 Å². The van der Waals surface area contributed by atoms with Crippen LogP contribution >= 0.6 is 0 Å². The number of hydrogen-bond acceptors (Lipinski definition) is 4. The fraction of sp³-hybridized carbons (Fsp3) is 0.500. The van der Waals surface area contributed by atoms with Crippen LogP contribution in [0, 0.1) is 0 Å². The molecule has 1 aromatic carbocycles. The van der Waals surface area contributed by atoms with E-state index in [1.807, 2.05) is 0 Å². The van der Waals surface area contributed by atoms with Gasteiger partial charge in [0.25, 0.3) is 5.91 Å². The Morgan fingerprint density at radius 1 is 1.47 bits per heavy atom. The van der Waals surface area contributed by atoms with Gasteiger partial charge in [-0.05, 0) is 31.9 Å². The Kier molecular flexibility index (Phi) is 4.27. The third kappa shape index (κ3) is 3.38. The molecule has 2 atom stereocenters. The van der Waals surface area contributed by atoms with Gasteiger partial charge in [0.1, 0.15) is 11.5 Å². The molecule has 0 saturated carbocycles. The highest BCUT2D eigenvalue weighted by molar-refractivity contribution is 5.97. The summed E-state index contributed by atoms with van der Waals surface area (Å²) in [5.41, 5.74) is 0.277. The molecule has 1 aromatic rings. The van der Waals surface area contributed by atoms with Gasteiger partial charge in [-0.15, -0.1) is 0 Å². The average molecular weight is 264 g/mol. The van der Waals surface area contributed by atoms with Gasteiger partial charge in [0.05, 0.1) is 12.7 Å². The van der Waals surface area contributed by atoms with E-state index in [2.05, 4.69) is 17.6 Å². The van der Waals surface area contributed by atoms with Crippen molar-refractivity contribution in [2.24, 2.45) is 0 Å². The van der Waals surface area contributed by atoms with Crippen LogP contribution < -0.4 is 15.4 Å². The molecule has 0 radical (unpaired) electrons. The number of benzene rings is 1. The Hall–Kier alpha value is -1.75. The molecular formula is C14H20N2O3. The van der Waals surface area contributed by atoms with E-state index in [9.17, 15) is 9.90 Å². The average Bonchev–Trinajstić information content (AvgIpc) is 2.41. The molecule has 5 nitrogen and oxygen atoms in total. The van der Waals surface area contributed by atoms with Crippen molar-refractivity contribution in [1.29, 1.82) is 0 Å². The molecule has 0 aromatic heterocycles. The summed E-state index contributed by atoms with van der Waals surface area (Å²) in [6.07, 6.45) is 2.00. The summed E-state index contributed by atoms with van der Waals surface area (Å²) in [7, 11) is 1.52. The lowest BCUT2D eigenvalue weighted by atomic mass is 10.0. The molecule has 3 N–H and O–H groups in total. The Bertz CT molecular complexity index is 454. The third-order valence-electron chi connectivity index (χ3n) is 3.45. The Morgan fingerprint density at radius 3 is 2.84 bits per heavy atom. The van der Waals surface area contributed by atoms with Gasteiger partial charge in [0, 0.05) is 24.7 Å². The fourth-order valence-electron chi connectivity index (χ4n) is 2.22. The van der Waals surface area contributed by atoms with E-state index in [0.717, 1.165) is 19.4 Å². The predicted octanol–water partition coefficient (Wildman–Crippen LogP) is 1.27. The second-order valence-electron chi connectivity index (χ2n) is 4.94. The monoisotopic (exact) mass is 264 g/mol. The van der Waals surface area contributed by atoms with Crippen LogP contribution in [0.2, 0.25) is 0 Å². The van der Waals surface area contributed by atoms with Gasteiger partial charge >= 0.3 is 0 Å². The van der Waals surface area contributed by atoms with Gasteiger partial charge < -0.3 is 20.5 Å². The number of amides is 1. The van der Waals surface area contributed by atoms with Gasteiger partial charge in [-0.25, -0.2) is 0 Å². The van der Waals surface area contributed by atoms with E-state index in [1.165, 1.54) is 13.2 Å². The number of rotatable bonds is 3. The quantitative estimate of drug-likeness (QED) is 0.769. The molecule has 5 heteroatoms. The minimum Gasteiger partial charge on any atom is -0.507 e. The van der Waals surface area contributed by atoms with Crippen LogP contribution in [0.15, 0.2) is 18.2 Å². The first kappa shape index (κ1) is 13.7. The SMILES string of the molecule is COc1ccc(C(=O)NC2CCC(C)NC2)c(O)c1. The minimum atomic E-state index is -0.249. The normalized spacial score (nSPS) is 22.8. The Labute approximate surface area is 113 Å². The van der Waals surface area contributed by atoms with Crippen LogP contribution in [-0.2, 0) is 0 Å². The fourth-order valence-corrected chi connectivity index (χ4v) is 2.22. The molecule has 19 heavy (non-hydrogen) atoms. The molecule has 0 aliphatic carbocycles. The second-order valence-corrected chi connectivity index (χ2v) is 4.94. The highest BCUT2D eigenvalue weighted by Crippen LogP contribution is 2.23. The summed E-state index contributed by atoms with van der Waals surface area (Å²) >= 11 is 0. The number of aromatic hydroxyl groups is 1. The minimum absolute atomic E-state index is 0.0611. The molecule has 104 valence electrons. The maximum atomic E-state index is 12.1. The zero-order valence-corrected chi connectivity index (χ0v) is 11.3. The van der Waals surface area contributed by atoms with Crippen LogP contribution in [-0.4, -0.2) is 36.8 Å². The second kappa shape index (κ2) is 5.93. The van der Waals surface area contributed by atoms with E-state index >= 15 is 0 Å². The number of piperidine rings is 1. The zero-order valence-electron chi connectivity index (χ0n) is 11.3. The molecule has 1 aliphatic heterocycles. The van der Waals surface area contributed by atoms with Crippen molar-refractivity contribution in [2.45, 2.75) is 31.8 Å². The lowest BCUT2D eigenvalue weighted by Gasteiger charge is -2.28. The van der Waals surface area contributed by atoms with Crippen molar-refractivity contribution in [1.82, 2.24) is 10.6 Å². The molecule has 1 amide bonds. The van der Waals surface area contributed by atoms with Gasteiger partial charge in [0.2, 0.25) is 0 Å². The number of nitrogens with one attached hydrogen (secondary N) is 2. The number of ether oxygens (including phenoxy) is 1. The van der Waals surface area contributed by atoms with Crippen LogP contribution in [0.4, 0.5) is 0 Å². The summed E-state index contributed by atoms with van der Waals surface area (Å²) in [5, 5.41) is 16.1.